The van der Waals surface area contributed by atoms with Crippen LogP contribution in [-0.4, -0.2) is 18.2 Å². The van der Waals surface area contributed by atoms with Crippen molar-refractivity contribution >= 4 is 5.97 Å². The number of methoxy groups -OCH3 is 1. The van der Waals surface area contributed by atoms with Crippen LogP contribution in [0.25, 0.3) is 0 Å². The number of hydrogen-bond acceptors (Lipinski definition) is 2. The maximum absolute atomic E-state index is 11.2. The minimum atomic E-state index is -0.663. The predicted octanol–water partition coefficient (Wildman–Crippen LogP) is 3.23. The Morgan fingerprint density at radius 1 is 1.44 bits per heavy atom. The number of carbonyl (C=O) groups is 1. The highest BCUT2D eigenvalue weighted by Crippen LogP contribution is 2.49. The first kappa shape index (κ1) is 12.9. The molecule has 0 atom stereocenters. The standard InChI is InChI=1S/C15H20O3/c1-10(2)12-8-11(4-5-13(12)18-3)9-15(6-7-15)14(16)17/h4-5,8,10H,6-7,9H2,1-3H3,(H,16,17). The van der Waals surface area contributed by atoms with E-state index in [-0.39, 0.29) is 0 Å². The Bertz CT molecular complexity index is 459. The maximum atomic E-state index is 11.2. The molecule has 0 heterocycles. The molecular weight excluding hydrogens is 228 g/mol. The molecule has 0 saturated heterocycles. The monoisotopic (exact) mass is 248 g/mol. The molecule has 98 valence electrons. The van der Waals surface area contributed by atoms with Gasteiger partial charge in [-0.05, 0) is 42.4 Å². The zero-order valence-electron chi connectivity index (χ0n) is 11.2. The quantitative estimate of drug-likeness (QED) is 0.870. The fourth-order valence-corrected chi connectivity index (χ4v) is 2.35. The van der Waals surface area contributed by atoms with Crippen molar-refractivity contribution in [3.05, 3.63) is 29.3 Å². The van der Waals surface area contributed by atoms with Gasteiger partial charge in [-0.2, -0.15) is 0 Å². The molecule has 0 amide bonds. The number of carboxylic acid groups (broad SMARTS) is 1. The molecule has 1 aromatic rings. The number of ether oxygens (including phenoxy) is 1. The summed E-state index contributed by atoms with van der Waals surface area (Å²) in [5.41, 5.74) is 1.75. The van der Waals surface area contributed by atoms with Crippen LogP contribution in [0.2, 0.25) is 0 Å². The average molecular weight is 248 g/mol. The minimum Gasteiger partial charge on any atom is -0.496 e. The van der Waals surface area contributed by atoms with Gasteiger partial charge in [-0.3, -0.25) is 4.79 Å². The molecule has 1 aliphatic rings. The third-order valence-electron chi connectivity index (χ3n) is 3.77. The molecule has 1 fully saturated rings. The lowest BCUT2D eigenvalue weighted by Gasteiger charge is -2.15. The molecule has 1 aromatic carbocycles. The van der Waals surface area contributed by atoms with Gasteiger partial charge in [-0.15, -0.1) is 0 Å². The smallest absolute Gasteiger partial charge is 0.309 e. The van der Waals surface area contributed by atoms with E-state index in [1.807, 2.05) is 12.1 Å². The summed E-state index contributed by atoms with van der Waals surface area (Å²) >= 11 is 0. The molecule has 3 nitrogen and oxygen atoms in total. The van der Waals surface area contributed by atoms with Crippen molar-refractivity contribution in [2.24, 2.45) is 5.41 Å². The summed E-state index contributed by atoms with van der Waals surface area (Å²) in [6.45, 7) is 4.23. The van der Waals surface area contributed by atoms with Crippen LogP contribution in [0.3, 0.4) is 0 Å². The van der Waals surface area contributed by atoms with Gasteiger partial charge in [0.05, 0.1) is 12.5 Å². The number of carboxylic acids is 1. The van der Waals surface area contributed by atoms with Crippen molar-refractivity contribution in [2.75, 3.05) is 7.11 Å². The second-order valence-corrected chi connectivity index (χ2v) is 5.49. The van der Waals surface area contributed by atoms with Crippen LogP contribution in [-0.2, 0) is 11.2 Å². The second kappa shape index (κ2) is 4.63. The normalized spacial score (nSPS) is 16.7. The third-order valence-corrected chi connectivity index (χ3v) is 3.77. The largest absolute Gasteiger partial charge is 0.496 e. The van der Waals surface area contributed by atoms with Gasteiger partial charge in [0.2, 0.25) is 0 Å². The van der Waals surface area contributed by atoms with Gasteiger partial charge in [0.25, 0.3) is 0 Å². The summed E-state index contributed by atoms with van der Waals surface area (Å²) < 4.78 is 5.34. The molecule has 18 heavy (non-hydrogen) atoms. The van der Waals surface area contributed by atoms with Gasteiger partial charge in [-0.1, -0.05) is 26.0 Å². The Balaban J connectivity index is 2.25. The topological polar surface area (TPSA) is 46.5 Å². The molecule has 1 N–H and O–H groups in total. The molecule has 0 aliphatic heterocycles. The van der Waals surface area contributed by atoms with Gasteiger partial charge in [0.15, 0.2) is 0 Å². The Morgan fingerprint density at radius 2 is 2.11 bits per heavy atom. The zero-order valence-corrected chi connectivity index (χ0v) is 11.2. The Kier molecular flexibility index (Phi) is 3.33. The van der Waals surface area contributed by atoms with Crippen LogP contribution >= 0.6 is 0 Å². The molecule has 0 spiro atoms. The summed E-state index contributed by atoms with van der Waals surface area (Å²) in [5, 5.41) is 9.22. The minimum absolute atomic E-state index is 0.375. The first-order chi connectivity index (χ1) is 8.48. The molecular formula is C15H20O3. The summed E-state index contributed by atoms with van der Waals surface area (Å²) in [7, 11) is 1.67. The van der Waals surface area contributed by atoms with Crippen LogP contribution in [0.4, 0.5) is 0 Å². The van der Waals surface area contributed by atoms with E-state index in [4.69, 9.17) is 4.74 Å². The van der Waals surface area contributed by atoms with E-state index in [1.165, 1.54) is 0 Å². The van der Waals surface area contributed by atoms with Crippen LogP contribution in [0.1, 0.15) is 43.7 Å². The third kappa shape index (κ3) is 2.35. The van der Waals surface area contributed by atoms with Crippen molar-refractivity contribution < 1.29 is 14.6 Å². The lowest BCUT2D eigenvalue weighted by Crippen LogP contribution is -2.17. The highest BCUT2D eigenvalue weighted by molar-refractivity contribution is 5.78. The SMILES string of the molecule is COc1ccc(CC2(C(=O)O)CC2)cc1C(C)C. The molecule has 3 heteroatoms. The van der Waals surface area contributed by atoms with Crippen LogP contribution in [0, 0.1) is 5.41 Å². The van der Waals surface area contributed by atoms with E-state index < -0.39 is 11.4 Å². The lowest BCUT2D eigenvalue weighted by atomic mass is 9.92. The fraction of sp³-hybridized carbons (Fsp3) is 0.533. The molecule has 0 bridgehead atoms. The number of hydrogen-bond donors (Lipinski definition) is 1. The van der Waals surface area contributed by atoms with E-state index in [1.54, 1.807) is 7.11 Å². The van der Waals surface area contributed by atoms with Crippen molar-refractivity contribution in [1.82, 2.24) is 0 Å². The highest BCUT2D eigenvalue weighted by Gasteiger charge is 2.49. The van der Waals surface area contributed by atoms with E-state index >= 15 is 0 Å². The molecule has 0 unspecified atom stereocenters. The average Bonchev–Trinajstić information content (AvgIpc) is 3.10. The summed E-state index contributed by atoms with van der Waals surface area (Å²) in [4.78, 5) is 11.2. The van der Waals surface area contributed by atoms with Crippen LogP contribution < -0.4 is 4.74 Å². The highest BCUT2D eigenvalue weighted by atomic mass is 16.5. The first-order valence-electron chi connectivity index (χ1n) is 6.39. The second-order valence-electron chi connectivity index (χ2n) is 5.49. The summed E-state index contributed by atoms with van der Waals surface area (Å²) in [6, 6.07) is 6.02. The van der Waals surface area contributed by atoms with Gasteiger partial charge < -0.3 is 9.84 Å². The van der Waals surface area contributed by atoms with E-state index in [9.17, 15) is 9.90 Å². The number of benzene rings is 1. The number of aliphatic carboxylic acids is 1. The van der Waals surface area contributed by atoms with Gasteiger partial charge >= 0.3 is 5.97 Å². The Labute approximate surface area is 108 Å². The number of rotatable bonds is 5. The van der Waals surface area contributed by atoms with Crippen molar-refractivity contribution in [3.8, 4) is 5.75 Å². The maximum Gasteiger partial charge on any atom is 0.309 e. The van der Waals surface area contributed by atoms with Crippen molar-refractivity contribution in [3.63, 3.8) is 0 Å². The van der Waals surface area contributed by atoms with E-state index in [2.05, 4.69) is 19.9 Å². The van der Waals surface area contributed by atoms with Gasteiger partial charge in [0, 0.05) is 0 Å². The lowest BCUT2D eigenvalue weighted by molar-refractivity contribution is -0.143. The van der Waals surface area contributed by atoms with Crippen LogP contribution in [0.5, 0.6) is 5.75 Å². The molecule has 2 rings (SSSR count). The van der Waals surface area contributed by atoms with E-state index in [0.717, 1.165) is 29.7 Å². The summed E-state index contributed by atoms with van der Waals surface area (Å²) in [6.07, 6.45) is 2.22. The Hall–Kier alpha value is -1.51. The molecule has 1 saturated carbocycles. The fourth-order valence-electron chi connectivity index (χ4n) is 2.35. The predicted molar refractivity (Wildman–Crippen MR) is 70.1 cm³/mol. The molecule has 0 aromatic heterocycles. The van der Waals surface area contributed by atoms with Gasteiger partial charge in [0.1, 0.15) is 5.75 Å². The van der Waals surface area contributed by atoms with Crippen LogP contribution in [0.15, 0.2) is 18.2 Å². The van der Waals surface area contributed by atoms with E-state index in [0.29, 0.717) is 12.3 Å². The zero-order chi connectivity index (χ0) is 13.3. The Morgan fingerprint density at radius 3 is 2.56 bits per heavy atom. The van der Waals surface area contributed by atoms with Crippen molar-refractivity contribution in [1.29, 1.82) is 0 Å². The van der Waals surface area contributed by atoms with Crippen molar-refractivity contribution in [2.45, 2.75) is 39.0 Å². The molecule has 0 radical (unpaired) electrons. The summed E-state index contributed by atoms with van der Waals surface area (Å²) in [5.74, 6) is 0.596. The first-order valence-corrected chi connectivity index (χ1v) is 6.39. The van der Waals surface area contributed by atoms with Gasteiger partial charge in [-0.25, -0.2) is 0 Å². The molecule has 1 aliphatic carbocycles.